The van der Waals surface area contributed by atoms with Crippen molar-refractivity contribution in [3.8, 4) is 5.69 Å². The van der Waals surface area contributed by atoms with E-state index in [2.05, 4.69) is 0 Å². The molecule has 0 aliphatic rings. The molecule has 128 valence electrons. The van der Waals surface area contributed by atoms with Gasteiger partial charge in [0.05, 0.1) is 0 Å². The van der Waals surface area contributed by atoms with Gasteiger partial charge >= 0.3 is 0 Å². The number of hydrogen-bond donors (Lipinski definition) is 0. The van der Waals surface area contributed by atoms with Gasteiger partial charge in [-0.05, 0) is 48.9 Å². The predicted octanol–water partition coefficient (Wildman–Crippen LogP) is 4.85. The Balaban J connectivity index is 1.87. The number of halogens is 2. The van der Waals surface area contributed by atoms with E-state index in [0.29, 0.717) is 16.1 Å². The van der Waals surface area contributed by atoms with Gasteiger partial charge < -0.3 is 9.47 Å². The highest BCUT2D eigenvalue weighted by atomic mass is 35.5. The van der Waals surface area contributed by atoms with Gasteiger partial charge in [0.25, 0.3) is 5.91 Å². The summed E-state index contributed by atoms with van der Waals surface area (Å²) in [6, 6.07) is 13.9. The number of benzene rings is 2. The molecular weight excluding hydrogens is 339 g/mol. The summed E-state index contributed by atoms with van der Waals surface area (Å²) in [5.74, 6) is -0.600. The predicted molar refractivity (Wildman–Crippen MR) is 97.7 cm³/mol. The molecule has 0 N–H and O–H groups in total. The van der Waals surface area contributed by atoms with E-state index in [1.54, 1.807) is 25.2 Å². The van der Waals surface area contributed by atoms with Crippen LogP contribution in [0.4, 0.5) is 4.39 Å². The topological polar surface area (TPSA) is 25.2 Å². The average molecular weight is 357 g/mol. The Labute approximate surface area is 151 Å². The van der Waals surface area contributed by atoms with E-state index in [1.807, 2.05) is 48.1 Å². The molecular formula is C20H18ClFN2O. The molecule has 5 heteroatoms. The monoisotopic (exact) mass is 356 g/mol. The smallest absolute Gasteiger partial charge is 0.253 e. The van der Waals surface area contributed by atoms with Crippen LogP contribution in [0.2, 0.25) is 5.02 Å². The van der Waals surface area contributed by atoms with Crippen LogP contribution in [-0.4, -0.2) is 22.4 Å². The van der Waals surface area contributed by atoms with E-state index in [-0.39, 0.29) is 12.5 Å². The third-order valence-electron chi connectivity index (χ3n) is 4.14. The molecule has 0 fully saturated rings. The van der Waals surface area contributed by atoms with Gasteiger partial charge in [-0.2, -0.15) is 0 Å². The van der Waals surface area contributed by atoms with Gasteiger partial charge in [0.15, 0.2) is 0 Å². The first kappa shape index (κ1) is 17.2. The Hall–Kier alpha value is -2.59. The van der Waals surface area contributed by atoms with Gasteiger partial charge in [-0.1, -0.05) is 23.7 Å². The molecule has 0 aliphatic heterocycles. The largest absolute Gasteiger partial charge is 0.337 e. The van der Waals surface area contributed by atoms with Crippen molar-refractivity contribution in [3.63, 3.8) is 0 Å². The van der Waals surface area contributed by atoms with E-state index in [1.165, 1.54) is 11.0 Å². The molecule has 0 saturated carbocycles. The van der Waals surface area contributed by atoms with E-state index >= 15 is 0 Å². The summed E-state index contributed by atoms with van der Waals surface area (Å²) in [4.78, 5) is 14.2. The second kappa shape index (κ2) is 7.11. The van der Waals surface area contributed by atoms with Crippen molar-refractivity contribution in [2.75, 3.05) is 7.05 Å². The number of rotatable bonds is 4. The Kier molecular flexibility index (Phi) is 4.91. The molecule has 0 unspecified atom stereocenters. The van der Waals surface area contributed by atoms with Gasteiger partial charge in [-0.3, -0.25) is 4.79 Å². The van der Waals surface area contributed by atoms with Gasteiger partial charge in [-0.15, -0.1) is 0 Å². The molecule has 1 amide bonds. The minimum absolute atomic E-state index is 0.108. The second-order valence-electron chi connectivity index (χ2n) is 5.95. The maximum atomic E-state index is 14.0. The summed E-state index contributed by atoms with van der Waals surface area (Å²) < 4.78 is 15.9. The Morgan fingerprint density at radius 3 is 2.56 bits per heavy atom. The molecule has 2 aromatic carbocycles. The standard InChI is InChI=1S/C20H18ClFN2O/c1-14-8-9-15(12-19(14)24-10-3-4-11-24)20(25)23(2)13-16-17(21)6-5-7-18(16)22/h3-12H,13H2,1-2H3. The van der Waals surface area contributed by atoms with Crippen molar-refractivity contribution < 1.29 is 9.18 Å². The molecule has 0 atom stereocenters. The number of aryl methyl sites for hydroxylation is 1. The zero-order chi connectivity index (χ0) is 18.0. The summed E-state index contributed by atoms with van der Waals surface area (Å²) in [7, 11) is 1.64. The SMILES string of the molecule is Cc1ccc(C(=O)N(C)Cc2c(F)cccc2Cl)cc1-n1cccc1. The van der Waals surface area contributed by atoms with Crippen LogP contribution in [0.3, 0.4) is 0 Å². The normalized spacial score (nSPS) is 10.7. The molecule has 25 heavy (non-hydrogen) atoms. The van der Waals surface area contributed by atoms with Crippen molar-refractivity contribution >= 4 is 17.5 Å². The highest BCUT2D eigenvalue weighted by Crippen LogP contribution is 2.22. The average Bonchev–Trinajstić information content (AvgIpc) is 3.12. The van der Waals surface area contributed by atoms with Crippen LogP contribution in [0, 0.1) is 12.7 Å². The maximum absolute atomic E-state index is 14.0. The van der Waals surface area contributed by atoms with E-state index in [9.17, 15) is 9.18 Å². The molecule has 3 aromatic rings. The van der Waals surface area contributed by atoms with Crippen LogP contribution in [-0.2, 0) is 6.54 Å². The number of aromatic nitrogens is 1. The highest BCUT2D eigenvalue weighted by Gasteiger charge is 2.17. The van der Waals surface area contributed by atoms with Crippen molar-refractivity contribution in [1.29, 1.82) is 0 Å². The lowest BCUT2D eigenvalue weighted by Crippen LogP contribution is -2.27. The quantitative estimate of drug-likeness (QED) is 0.656. The van der Waals surface area contributed by atoms with Crippen molar-refractivity contribution in [2.24, 2.45) is 0 Å². The first-order valence-electron chi connectivity index (χ1n) is 7.89. The molecule has 1 aromatic heterocycles. The van der Waals surface area contributed by atoms with Crippen LogP contribution in [0.15, 0.2) is 60.9 Å². The summed E-state index contributed by atoms with van der Waals surface area (Å²) >= 11 is 6.06. The zero-order valence-electron chi connectivity index (χ0n) is 14.0. The van der Waals surface area contributed by atoms with Gasteiger partial charge in [0.1, 0.15) is 5.82 Å². The molecule has 0 radical (unpaired) electrons. The van der Waals surface area contributed by atoms with Crippen molar-refractivity contribution in [1.82, 2.24) is 9.47 Å². The summed E-state index contributed by atoms with van der Waals surface area (Å²) in [5.41, 5.74) is 2.86. The van der Waals surface area contributed by atoms with Gasteiger partial charge in [0, 0.05) is 47.8 Å². The summed E-state index contributed by atoms with van der Waals surface area (Å²) in [6.45, 7) is 2.10. The third-order valence-corrected chi connectivity index (χ3v) is 4.50. The maximum Gasteiger partial charge on any atom is 0.253 e. The van der Waals surface area contributed by atoms with Crippen LogP contribution in [0.5, 0.6) is 0 Å². The molecule has 0 saturated heterocycles. The van der Waals surface area contributed by atoms with E-state index in [4.69, 9.17) is 11.6 Å². The van der Waals surface area contributed by atoms with Crippen LogP contribution >= 0.6 is 11.6 Å². The summed E-state index contributed by atoms with van der Waals surface area (Å²) in [5, 5.41) is 0.316. The minimum Gasteiger partial charge on any atom is -0.337 e. The Bertz CT molecular complexity index is 886. The van der Waals surface area contributed by atoms with Crippen LogP contribution in [0.25, 0.3) is 5.69 Å². The number of hydrogen-bond acceptors (Lipinski definition) is 1. The summed E-state index contributed by atoms with van der Waals surface area (Å²) in [6.07, 6.45) is 3.86. The number of amides is 1. The first-order chi connectivity index (χ1) is 12.0. The molecule has 0 aliphatic carbocycles. The minimum atomic E-state index is -0.413. The lowest BCUT2D eigenvalue weighted by Gasteiger charge is -2.19. The second-order valence-corrected chi connectivity index (χ2v) is 6.36. The fraction of sp³-hybridized carbons (Fsp3) is 0.150. The Morgan fingerprint density at radius 1 is 1.16 bits per heavy atom. The Morgan fingerprint density at radius 2 is 1.88 bits per heavy atom. The molecule has 0 spiro atoms. The fourth-order valence-corrected chi connectivity index (χ4v) is 2.95. The lowest BCUT2D eigenvalue weighted by molar-refractivity contribution is 0.0784. The molecule has 3 nitrogen and oxygen atoms in total. The molecule has 3 rings (SSSR count). The van der Waals surface area contributed by atoms with Crippen molar-refractivity contribution in [2.45, 2.75) is 13.5 Å². The van der Waals surface area contributed by atoms with Crippen molar-refractivity contribution in [3.05, 3.63) is 88.5 Å². The van der Waals surface area contributed by atoms with E-state index < -0.39 is 5.82 Å². The fourth-order valence-electron chi connectivity index (χ4n) is 2.73. The highest BCUT2D eigenvalue weighted by molar-refractivity contribution is 6.31. The zero-order valence-corrected chi connectivity index (χ0v) is 14.8. The van der Waals surface area contributed by atoms with Crippen LogP contribution in [0.1, 0.15) is 21.5 Å². The number of carbonyl (C=O) groups is 1. The van der Waals surface area contributed by atoms with Gasteiger partial charge in [0.2, 0.25) is 0 Å². The first-order valence-corrected chi connectivity index (χ1v) is 8.27. The lowest BCUT2D eigenvalue weighted by atomic mass is 10.1. The van der Waals surface area contributed by atoms with E-state index in [0.717, 1.165) is 11.3 Å². The number of nitrogens with zero attached hydrogens (tertiary/aromatic N) is 2. The van der Waals surface area contributed by atoms with Crippen LogP contribution < -0.4 is 0 Å². The molecule has 0 bridgehead atoms. The van der Waals surface area contributed by atoms with Gasteiger partial charge in [-0.25, -0.2) is 4.39 Å². The number of carbonyl (C=O) groups excluding carboxylic acids is 1. The molecule has 1 heterocycles. The third kappa shape index (κ3) is 3.59.